The van der Waals surface area contributed by atoms with Gasteiger partial charge in [-0.25, -0.2) is 4.98 Å². The predicted octanol–water partition coefficient (Wildman–Crippen LogP) is 3.25. The minimum absolute atomic E-state index is 0.0427. The van der Waals surface area contributed by atoms with Crippen LogP contribution in [0.1, 0.15) is 56.4 Å². The number of carbonyl (C=O) groups is 1. The Morgan fingerprint density at radius 2 is 1.92 bits per heavy atom. The summed E-state index contributed by atoms with van der Waals surface area (Å²) in [5.41, 5.74) is 8.50. The summed E-state index contributed by atoms with van der Waals surface area (Å²) in [5, 5.41) is 3.48. The van der Waals surface area contributed by atoms with Gasteiger partial charge in [-0.2, -0.15) is 13.4 Å². The molecule has 1 heterocycles. The van der Waals surface area contributed by atoms with Crippen LogP contribution in [0.25, 0.3) is 0 Å². The molecule has 0 bridgehead atoms. The van der Waals surface area contributed by atoms with Gasteiger partial charge in [0.2, 0.25) is 5.95 Å². The van der Waals surface area contributed by atoms with Crippen molar-refractivity contribution >= 4 is 27.9 Å². The van der Waals surface area contributed by atoms with Crippen LogP contribution in [-0.2, 0) is 30.3 Å². The first kappa shape index (κ1) is 30.1. The molecule has 11 nitrogen and oxygen atoms in total. The number of methoxy groups -OCH3 is 1. The Morgan fingerprint density at radius 1 is 1.16 bits per heavy atom. The van der Waals surface area contributed by atoms with Crippen LogP contribution in [-0.4, -0.2) is 63.6 Å². The molecule has 0 aliphatic heterocycles. The molecule has 0 amide bonds. The summed E-state index contributed by atoms with van der Waals surface area (Å²) in [5.74, 6) is 1.73. The van der Waals surface area contributed by atoms with E-state index in [4.69, 9.17) is 24.1 Å². The van der Waals surface area contributed by atoms with E-state index in [0.29, 0.717) is 49.8 Å². The lowest BCUT2D eigenvalue weighted by atomic mass is 10.0. The molecule has 1 atom stereocenters. The van der Waals surface area contributed by atoms with E-state index in [-0.39, 0.29) is 24.6 Å². The van der Waals surface area contributed by atoms with E-state index in [1.165, 1.54) is 6.92 Å². The number of carbonyl (C=O) groups excluding carboxylic acids is 1. The average Bonchev–Trinajstić information content (AvgIpc) is 2.80. The van der Waals surface area contributed by atoms with Gasteiger partial charge in [0, 0.05) is 49.6 Å². The highest BCUT2D eigenvalue weighted by Gasteiger charge is 2.18. The molecule has 0 unspecified atom stereocenters. The summed E-state index contributed by atoms with van der Waals surface area (Å²) in [6.45, 7) is 6.04. The fourth-order valence-corrected chi connectivity index (χ4v) is 4.16. The molecule has 37 heavy (non-hydrogen) atoms. The van der Waals surface area contributed by atoms with Crippen molar-refractivity contribution in [1.29, 1.82) is 0 Å². The number of nitrogens with one attached hydrogen (secondary N) is 1. The molecule has 0 saturated heterocycles. The minimum Gasteiger partial charge on any atom is -0.496 e. The van der Waals surface area contributed by atoms with E-state index in [0.717, 1.165) is 35.9 Å². The molecule has 2 aromatic rings. The molecule has 206 valence electrons. The summed E-state index contributed by atoms with van der Waals surface area (Å²) in [7, 11) is -1.88. The van der Waals surface area contributed by atoms with Gasteiger partial charge < -0.3 is 25.3 Å². The third kappa shape index (κ3) is 10.8. The molecule has 1 aromatic heterocycles. The molecule has 0 aliphatic rings. The monoisotopic (exact) mass is 538 g/mol. The fourth-order valence-electron chi connectivity index (χ4n) is 3.73. The van der Waals surface area contributed by atoms with Crippen LogP contribution in [0.2, 0.25) is 0 Å². The number of ether oxygens (including phenoxy) is 3. The Hall–Kier alpha value is -3.12. The molecule has 1 aromatic carbocycles. The first-order valence-corrected chi connectivity index (χ1v) is 14.0. The first-order chi connectivity index (χ1) is 17.5. The van der Waals surface area contributed by atoms with Crippen molar-refractivity contribution in [2.24, 2.45) is 0 Å². The van der Waals surface area contributed by atoms with Crippen molar-refractivity contribution in [2.45, 2.75) is 58.9 Å². The topological polar surface area (TPSA) is 152 Å². The van der Waals surface area contributed by atoms with Crippen molar-refractivity contribution in [3.05, 3.63) is 35.0 Å². The number of nitrogens with zero attached hydrogens (tertiary/aromatic N) is 2. The number of nitrogen functional groups attached to an aromatic ring is 1. The Kier molecular flexibility index (Phi) is 11.9. The highest BCUT2D eigenvalue weighted by Crippen LogP contribution is 2.30. The van der Waals surface area contributed by atoms with Crippen LogP contribution in [0.3, 0.4) is 0 Å². The van der Waals surface area contributed by atoms with Crippen molar-refractivity contribution in [2.75, 3.05) is 44.2 Å². The summed E-state index contributed by atoms with van der Waals surface area (Å²) >= 11 is 0. The van der Waals surface area contributed by atoms with Gasteiger partial charge in [0.1, 0.15) is 17.3 Å². The van der Waals surface area contributed by atoms with Crippen molar-refractivity contribution < 1.29 is 31.6 Å². The maximum atomic E-state index is 11.2. The van der Waals surface area contributed by atoms with E-state index in [1.807, 2.05) is 19.1 Å². The SMILES string of the molecule is CCC[C@H](CCOC(C)=O)Nc1nc(N)nc(C)c1Cc1ccc(OCCCOS(C)(=O)=O)cc1OC. The van der Waals surface area contributed by atoms with E-state index < -0.39 is 10.1 Å². The lowest BCUT2D eigenvalue weighted by Crippen LogP contribution is -2.24. The maximum Gasteiger partial charge on any atom is 0.302 e. The van der Waals surface area contributed by atoms with Gasteiger partial charge in [0.05, 0.1) is 33.2 Å². The van der Waals surface area contributed by atoms with Gasteiger partial charge in [-0.3, -0.25) is 8.98 Å². The largest absolute Gasteiger partial charge is 0.496 e. The lowest BCUT2D eigenvalue weighted by Gasteiger charge is -2.22. The smallest absolute Gasteiger partial charge is 0.302 e. The number of hydrogen-bond acceptors (Lipinski definition) is 11. The van der Waals surface area contributed by atoms with Crippen molar-refractivity contribution in [3.63, 3.8) is 0 Å². The lowest BCUT2D eigenvalue weighted by molar-refractivity contribution is -0.141. The minimum atomic E-state index is -3.46. The van der Waals surface area contributed by atoms with Crippen LogP contribution < -0.4 is 20.5 Å². The molecule has 0 spiro atoms. The third-order valence-corrected chi connectivity index (χ3v) is 6.06. The number of esters is 1. The molecular formula is C25H38N4O7S. The second kappa shape index (κ2) is 14.6. The van der Waals surface area contributed by atoms with Gasteiger partial charge in [0.15, 0.2) is 0 Å². The molecule has 0 aliphatic carbocycles. The maximum absolute atomic E-state index is 11.2. The Labute approximate surface area is 219 Å². The van der Waals surface area contributed by atoms with E-state index in [1.54, 1.807) is 13.2 Å². The van der Waals surface area contributed by atoms with Crippen LogP contribution >= 0.6 is 0 Å². The molecule has 0 saturated carbocycles. The van der Waals surface area contributed by atoms with Crippen LogP contribution in [0, 0.1) is 6.92 Å². The third-order valence-electron chi connectivity index (χ3n) is 5.46. The average molecular weight is 539 g/mol. The predicted molar refractivity (Wildman–Crippen MR) is 141 cm³/mol. The van der Waals surface area contributed by atoms with Crippen molar-refractivity contribution in [1.82, 2.24) is 9.97 Å². The van der Waals surface area contributed by atoms with Crippen LogP contribution in [0.4, 0.5) is 11.8 Å². The Bertz CT molecular complexity index is 1140. The standard InChI is InChI=1S/C25H38N4O7S/c1-6-8-20(11-14-34-18(3)30)28-24-22(17(2)27-25(26)29-24)15-19-9-10-21(16-23(19)33-4)35-12-7-13-36-37(5,31)32/h9-10,16,20H,6-8,11-15H2,1-5H3,(H3,26,27,28,29)/t20-/m1/s1. The Balaban J connectivity index is 2.17. The number of hydrogen-bond donors (Lipinski definition) is 2. The number of aryl methyl sites for hydroxylation is 1. The summed E-state index contributed by atoms with van der Waals surface area (Å²) in [6, 6.07) is 5.56. The number of nitrogens with two attached hydrogens (primary N) is 1. The van der Waals surface area contributed by atoms with Gasteiger partial charge in [-0.15, -0.1) is 0 Å². The Morgan fingerprint density at radius 3 is 2.57 bits per heavy atom. The fraction of sp³-hybridized carbons (Fsp3) is 0.560. The molecule has 0 fully saturated rings. The molecular weight excluding hydrogens is 500 g/mol. The van der Waals surface area contributed by atoms with Crippen LogP contribution in [0.5, 0.6) is 11.5 Å². The molecule has 12 heteroatoms. The van der Waals surface area contributed by atoms with Gasteiger partial charge in [0.25, 0.3) is 10.1 Å². The van der Waals surface area contributed by atoms with E-state index in [9.17, 15) is 13.2 Å². The van der Waals surface area contributed by atoms with Gasteiger partial charge >= 0.3 is 5.97 Å². The zero-order valence-electron chi connectivity index (χ0n) is 22.2. The summed E-state index contributed by atoms with van der Waals surface area (Å²) in [6.07, 6.45) is 4.38. The highest BCUT2D eigenvalue weighted by molar-refractivity contribution is 7.85. The number of benzene rings is 1. The second-order valence-corrected chi connectivity index (χ2v) is 10.3. The van der Waals surface area contributed by atoms with Crippen LogP contribution in [0.15, 0.2) is 18.2 Å². The highest BCUT2D eigenvalue weighted by atomic mass is 32.2. The second-order valence-electron chi connectivity index (χ2n) is 8.63. The first-order valence-electron chi connectivity index (χ1n) is 12.2. The number of aromatic nitrogens is 2. The number of rotatable bonds is 16. The van der Waals surface area contributed by atoms with E-state index in [2.05, 4.69) is 22.2 Å². The number of anilines is 2. The zero-order valence-corrected chi connectivity index (χ0v) is 23.0. The normalized spacial score (nSPS) is 12.1. The summed E-state index contributed by atoms with van der Waals surface area (Å²) in [4.78, 5) is 20.0. The quantitative estimate of drug-likeness (QED) is 0.184. The molecule has 0 radical (unpaired) electrons. The van der Waals surface area contributed by atoms with Gasteiger partial charge in [-0.05, 0) is 25.0 Å². The van der Waals surface area contributed by atoms with Gasteiger partial charge in [-0.1, -0.05) is 19.4 Å². The van der Waals surface area contributed by atoms with Crippen molar-refractivity contribution in [3.8, 4) is 11.5 Å². The zero-order chi connectivity index (χ0) is 27.4. The molecule has 3 N–H and O–H groups in total. The summed E-state index contributed by atoms with van der Waals surface area (Å²) < 4.78 is 43.3. The molecule has 2 rings (SSSR count). The van der Waals surface area contributed by atoms with E-state index >= 15 is 0 Å².